The van der Waals surface area contributed by atoms with Gasteiger partial charge in [-0.15, -0.1) is 0 Å². The third kappa shape index (κ3) is 2.21. The standard InChI is InChI=1S/C21H17N/c1-15-10-11-17-7-4-5-9-20(17)21(15)22-19-13-12-16-6-2-3-8-18(16)14-19/h2-14,22H,1H3. The lowest BCUT2D eigenvalue weighted by atomic mass is 10.0. The lowest BCUT2D eigenvalue weighted by molar-refractivity contribution is 1.46. The number of nitrogens with one attached hydrogen (secondary N) is 1. The van der Waals surface area contributed by atoms with Crippen molar-refractivity contribution in [2.75, 3.05) is 5.32 Å². The van der Waals surface area contributed by atoms with Crippen LogP contribution in [0.4, 0.5) is 11.4 Å². The molecule has 4 aromatic carbocycles. The van der Waals surface area contributed by atoms with Gasteiger partial charge in [-0.25, -0.2) is 0 Å². The number of rotatable bonds is 2. The Bertz CT molecular complexity index is 970. The molecule has 0 fully saturated rings. The van der Waals surface area contributed by atoms with Crippen molar-refractivity contribution in [3.8, 4) is 0 Å². The summed E-state index contributed by atoms with van der Waals surface area (Å²) in [7, 11) is 0. The third-order valence-corrected chi connectivity index (χ3v) is 4.16. The van der Waals surface area contributed by atoms with Crippen molar-refractivity contribution in [3.05, 3.63) is 84.4 Å². The van der Waals surface area contributed by atoms with Crippen LogP contribution in [0.2, 0.25) is 0 Å². The summed E-state index contributed by atoms with van der Waals surface area (Å²) in [6.07, 6.45) is 0. The molecule has 0 aromatic heterocycles. The number of anilines is 2. The summed E-state index contributed by atoms with van der Waals surface area (Å²) in [6.45, 7) is 2.15. The van der Waals surface area contributed by atoms with E-state index >= 15 is 0 Å². The second-order valence-corrected chi connectivity index (χ2v) is 5.67. The molecule has 106 valence electrons. The monoisotopic (exact) mass is 283 g/mol. The van der Waals surface area contributed by atoms with Gasteiger partial charge in [0.15, 0.2) is 0 Å². The first-order chi connectivity index (χ1) is 10.8. The highest BCUT2D eigenvalue weighted by molar-refractivity contribution is 5.97. The molecule has 0 atom stereocenters. The van der Waals surface area contributed by atoms with Gasteiger partial charge in [0.05, 0.1) is 0 Å². The third-order valence-electron chi connectivity index (χ3n) is 4.16. The van der Waals surface area contributed by atoms with E-state index in [2.05, 4.69) is 91.1 Å². The fourth-order valence-electron chi connectivity index (χ4n) is 2.96. The summed E-state index contributed by atoms with van der Waals surface area (Å²) in [4.78, 5) is 0. The van der Waals surface area contributed by atoms with Crippen LogP contribution in [0, 0.1) is 6.92 Å². The fraction of sp³-hybridized carbons (Fsp3) is 0.0476. The quantitative estimate of drug-likeness (QED) is 0.472. The van der Waals surface area contributed by atoms with E-state index in [4.69, 9.17) is 0 Å². The van der Waals surface area contributed by atoms with Gasteiger partial charge in [-0.2, -0.15) is 0 Å². The molecule has 4 aromatic rings. The second kappa shape index (κ2) is 5.19. The molecule has 0 unspecified atom stereocenters. The molecule has 22 heavy (non-hydrogen) atoms. The summed E-state index contributed by atoms with van der Waals surface area (Å²) in [5.41, 5.74) is 3.57. The van der Waals surface area contributed by atoms with Crippen molar-refractivity contribution in [2.45, 2.75) is 6.92 Å². The summed E-state index contributed by atoms with van der Waals surface area (Å²) in [5.74, 6) is 0. The average Bonchev–Trinajstić information content (AvgIpc) is 2.57. The van der Waals surface area contributed by atoms with E-state index in [1.54, 1.807) is 0 Å². The minimum absolute atomic E-state index is 1.12. The van der Waals surface area contributed by atoms with Gasteiger partial charge in [0.1, 0.15) is 0 Å². The van der Waals surface area contributed by atoms with Crippen LogP contribution in [0.3, 0.4) is 0 Å². The van der Waals surface area contributed by atoms with Gasteiger partial charge < -0.3 is 5.32 Å². The SMILES string of the molecule is Cc1ccc2ccccc2c1Nc1ccc2ccccc2c1. The number of aryl methyl sites for hydroxylation is 1. The van der Waals surface area contributed by atoms with Crippen LogP contribution >= 0.6 is 0 Å². The van der Waals surface area contributed by atoms with Crippen molar-refractivity contribution in [2.24, 2.45) is 0 Å². The molecule has 1 N–H and O–H groups in total. The Morgan fingerprint density at radius 1 is 0.636 bits per heavy atom. The normalized spacial score (nSPS) is 11.0. The molecular formula is C21H17N. The van der Waals surface area contributed by atoms with E-state index in [9.17, 15) is 0 Å². The Balaban J connectivity index is 1.83. The first kappa shape index (κ1) is 12.9. The highest BCUT2D eigenvalue weighted by atomic mass is 14.9. The molecule has 0 aliphatic heterocycles. The van der Waals surface area contributed by atoms with E-state index in [-0.39, 0.29) is 0 Å². The number of hydrogen-bond acceptors (Lipinski definition) is 1. The van der Waals surface area contributed by atoms with E-state index in [1.807, 2.05) is 0 Å². The van der Waals surface area contributed by atoms with Gasteiger partial charge in [-0.05, 0) is 40.8 Å². The van der Waals surface area contributed by atoms with Crippen LogP contribution in [0.25, 0.3) is 21.5 Å². The lowest BCUT2D eigenvalue weighted by Crippen LogP contribution is -1.94. The summed E-state index contributed by atoms with van der Waals surface area (Å²) in [6, 6.07) is 27.8. The van der Waals surface area contributed by atoms with Gasteiger partial charge >= 0.3 is 0 Å². The van der Waals surface area contributed by atoms with Crippen molar-refractivity contribution < 1.29 is 0 Å². The summed E-state index contributed by atoms with van der Waals surface area (Å²) < 4.78 is 0. The molecule has 0 aliphatic carbocycles. The van der Waals surface area contributed by atoms with E-state index in [0.717, 1.165) is 5.69 Å². The average molecular weight is 283 g/mol. The van der Waals surface area contributed by atoms with Crippen LogP contribution < -0.4 is 5.32 Å². The van der Waals surface area contributed by atoms with Crippen molar-refractivity contribution in [1.82, 2.24) is 0 Å². The van der Waals surface area contributed by atoms with Gasteiger partial charge in [0.25, 0.3) is 0 Å². The molecule has 4 rings (SSSR count). The van der Waals surface area contributed by atoms with Gasteiger partial charge in [-0.1, -0.05) is 66.7 Å². The Labute approximate surface area is 130 Å². The predicted octanol–water partition coefficient (Wildman–Crippen LogP) is 6.05. The van der Waals surface area contributed by atoms with Crippen molar-refractivity contribution >= 4 is 32.9 Å². The predicted molar refractivity (Wildman–Crippen MR) is 95.9 cm³/mol. The molecule has 0 amide bonds. The molecule has 0 radical (unpaired) electrons. The largest absolute Gasteiger partial charge is 0.355 e. The summed E-state index contributed by atoms with van der Waals surface area (Å²) in [5, 5.41) is 8.65. The van der Waals surface area contributed by atoms with E-state index in [0.29, 0.717) is 0 Å². The van der Waals surface area contributed by atoms with Crippen LogP contribution in [0.1, 0.15) is 5.56 Å². The zero-order chi connectivity index (χ0) is 14.9. The van der Waals surface area contributed by atoms with Crippen LogP contribution in [0.15, 0.2) is 78.9 Å². The first-order valence-electron chi connectivity index (χ1n) is 7.55. The van der Waals surface area contributed by atoms with Crippen molar-refractivity contribution in [3.63, 3.8) is 0 Å². The van der Waals surface area contributed by atoms with Gasteiger partial charge in [-0.3, -0.25) is 0 Å². The van der Waals surface area contributed by atoms with Gasteiger partial charge in [0.2, 0.25) is 0 Å². The zero-order valence-corrected chi connectivity index (χ0v) is 12.5. The van der Waals surface area contributed by atoms with Crippen LogP contribution in [-0.2, 0) is 0 Å². The Morgan fingerprint density at radius 3 is 2.18 bits per heavy atom. The minimum atomic E-state index is 1.12. The molecule has 1 heteroatoms. The van der Waals surface area contributed by atoms with Crippen LogP contribution in [0.5, 0.6) is 0 Å². The highest BCUT2D eigenvalue weighted by Gasteiger charge is 2.05. The summed E-state index contributed by atoms with van der Waals surface area (Å²) >= 11 is 0. The maximum Gasteiger partial charge on any atom is 0.0493 e. The molecular weight excluding hydrogens is 266 g/mol. The maximum atomic E-state index is 3.61. The zero-order valence-electron chi connectivity index (χ0n) is 12.5. The smallest absolute Gasteiger partial charge is 0.0493 e. The minimum Gasteiger partial charge on any atom is -0.355 e. The molecule has 0 aliphatic rings. The van der Waals surface area contributed by atoms with E-state index < -0.39 is 0 Å². The molecule has 0 heterocycles. The fourth-order valence-corrected chi connectivity index (χ4v) is 2.96. The topological polar surface area (TPSA) is 12.0 Å². The molecule has 0 spiro atoms. The Kier molecular flexibility index (Phi) is 3.05. The number of fused-ring (bicyclic) bond motifs is 2. The second-order valence-electron chi connectivity index (χ2n) is 5.67. The highest BCUT2D eigenvalue weighted by Crippen LogP contribution is 2.30. The Morgan fingerprint density at radius 2 is 1.32 bits per heavy atom. The van der Waals surface area contributed by atoms with E-state index in [1.165, 1.54) is 32.8 Å². The number of benzene rings is 4. The first-order valence-corrected chi connectivity index (χ1v) is 7.55. The van der Waals surface area contributed by atoms with Gasteiger partial charge in [0, 0.05) is 16.8 Å². The molecule has 0 bridgehead atoms. The number of hydrogen-bond donors (Lipinski definition) is 1. The maximum absolute atomic E-state index is 3.61. The van der Waals surface area contributed by atoms with Crippen LogP contribution in [-0.4, -0.2) is 0 Å². The molecule has 0 saturated carbocycles. The van der Waals surface area contributed by atoms with Crippen molar-refractivity contribution in [1.29, 1.82) is 0 Å². The lowest BCUT2D eigenvalue weighted by Gasteiger charge is -2.13. The molecule has 0 saturated heterocycles. The molecule has 1 nitrogen and oxygen atoms in total. The Hall–Kier alpha value is -2.80.